The van der Waals surface area contributed by atoms with Crippen molar-refractivity contribution in [3.8, 4) is 0 Å². The minimum absolute atomic E-state index is 0.00992. The van der Waals surface area contributed by atoms with E-state index in [1.165, 1.54) is 30.3 Å². The Morgan fingerprint density at radius 2 is 1.79 bits per heavy atom. The maximum atomic E-state index is 14.8. The number of amides is 1. The Hall–Kier alpha value is -4.11. The molecule has 0 aliphatic carbocycles. The first-order valence-corrected chi connectivity index (χ1v) is 15.0. The van der Waals surface area contributed by atoms with Crippen molar-refractivity contribution in [2.75, 3.05) is 11.4 Å². The minimum atomic E-state index is -5.17. The molecule has 226 valence electrons. The zero-order valence-corrected chi connectivity index (χ0v) is 24.0. The molecule has 1 atom stereocenters. The number of rotatable bonds is 6. The lowest BCUT2D eigenvalue weighted by Gasteiger charge is -2.41. The topological polar surface area (TPSA) is 110 Å². The lowest BCUT2D eigenvalue weighted by atomic mass is 10.0. The Bertz CT molecular complexity index is 1920. The maximum absolute atomic E-state index is 14.8. The summed E-state index contributed by atoms with van der Waals surface area (Å²) >= 11 is 0. The summed E-state index contributed by atoms with van der Waals surface area (Å²) < 4.78 is 88.5. The summed E-state index contributed by atoms with van der Waals surface area (Å²) in [4.78, 5) is 30.7. The molecule has 0 N–H and O–H groups in total. The number of aromatic nitrogens is 4. The van der Waals surface area contributed by atoms with Gasteiger partial charge in [-0.05, 0) is 44.4 Å². The zero-order valence-electron chi connectivity index (χ0n) is 23.2. The average molecular weight is 619 g/mol. The highest BCUT2D eigenvalue weighted by molar-refractivity contribution is 7.89. The highest BCUT2D eigenvalue weighted by Gasteiger charge is 2.47. The number of sulfonamides is 1. The number of aryl methyl sites for hydroxylation is 3. The van der Waals surface area contributed by atoms with E-state index < -0.39 is 55.7 Å². The Labute approximate surface area is 243 Å². The van der Waals surface area contributed by atoms with Crippen LogP contribution >= 0.6 is 0 Å². The Morgan fingerprint density at radius 3 is 2.44 bits per heavy atom. The Morgan fingerprint density at radius 1 is 1.07 bits per heavy atom. The predicted octanol–water partition coefficient (Wildman–Crippen LogP) is 3.33. The molecule has 6 rings (SSSR count). The van der Waals surface area contributed by atoms with Crippen LogP contribution in [0, 0.1) is 30.2 Å². The highest BCUT2D eigenvalue weighted by atomic mass is 32.2. The second kappa shape index (κ2) is 10.6. The van der Waals surface area contributed by atoms with Gasteiger partial charge >= 0.3 is 0 Å². The summed E-state index contributed by atoms with van der Waals surface area (Å²) in [6.45, 7) is 1.16. The molecule has 0 saturated carbocycles. The molecule has 0 bridgehead atoms. The van der Waals surface area contributed by atoms with E-state index in [0.717, 1.165) is 43.2 Å². The van der Waals surface area contributed by atoms with E-state index in [0.29, 0.717) is 26.5 Å². The van der Waals surface area contributed by atoms with Gasteiger partial charge in [-0.3, -0.25) is 9.59 Å². The van der Waals surface area contributed by atoms with Crippen molar-refractivity contribution in [1.82, 2.24) is 23.6 Å². The number of nitrogens with zero attached hydrogens (tertiary/aromatic N) is 6. The van der Waals surface area contributed by atoms with Crippen LogP contribution < -0.4 is 10.5 Å². The third kappa shape index (κ3) is 4.70. The van der Waals surface area contributed by atoms with E-state index >= 15 is 0 Å². The predicted molar refractivity (Wildman–Crippen MR) is 147 cm³/mol. The van der Waals surface area contributed by atoms with Gasteiger partial charge in [0.05, 0.1) is 23.8 Å². The number of anilines is 1. The van der Waals surface area contributed by atoms with Crippen LogP contribution in [0.3, 0.4) is 0 Å². The van der Waals surface area contributed by atoms with E-state index in [4.69, 9.17) is 0 Å². The number of hydrogen-bond donors (Lipinski definition) is 0. The standard InChI is InChI=1S/C28H26F4N6O4S/c1-15-22(29)24(31)26(25(32)23(15)30)43(41,42)38-10-8-20(38)28(40)37(14-17-13-36-9-4-3-5-21(36)34-17)18-6-7-19-16(11-18)12-33-35(2)27(19)39/h6-7,11-13,20H,3-5,8-10,14H2,1-2H3/t20-/m1/s1. The molecular formula is C28H26F4N6O4S. The van der Waals surface area contributed by atoms with Crippen molar-refractivity contribution in [2.24, 2.45) is 7.05 Å². The fourth-order valence-electron chi connectivity index (χ4n) is 5.54. The smallest absolute Gasteiger partial charge is 0.274 e. The molecule has 2 aliphatic rings. The van der Waals surface area contributed by atoms with E-state index in [1.807, 2.05) is 10.8 Å². The summed E-state index contributed by atoms with van der Waals surface area (Å²) in [5, 5.41) is 4.79. The lowest BCUT2D eigenvalue weighted by molar-refractivity contribution is -0.125. The van der Waals surface area contributed by atoms with E-state index in [9.17, 15) is 35.6 Å². The van der Waals surface area contributed by atoms with Crippen LogP contribution in [0.25, 0.3) is 10.8 Å². The van der Waals surface area contributed by atoms with Gasteiger partial charge in [0.15, 0.2) is 28.2 Å². The third-order valence-corrected chi connectivity index (χ3v) is 9.98. The van der Waals surface area contributed by atoms with Gasteiger partial charge in [-0.25, -0.2) is 35.6 Å². The molecule has 2 aromatic heterocycles. The fourth-order valence-corrected chi connectivity index (χ4v) is 7.29. The van der Waals surface area contributed by atoms with Crippen molar-refractivity contribution in [3.05, 3.63) is 81.3 Å². The summed E-state index contributed by atoms with van der Waals surface area (Å²) in [7, 11) is -3.68. The van der Waals surface area contributed by atoms with Gasteiger partial charge in [0.25, 0.3) is 5.56 Å². The number of benzene rings is 2. The Balaban J connectivity index is 1.40. The largest absolute Gasteiger partial charge is 0.335 e. The minimum Gasteiger partial charge on any atom is -0.335 e. The molecule has 4 heterocycles. The van der Waals surface area contributed by atoms with Crippen molar-refractivity contribution >= 4 is 32.4 Å². The van der Waals surface area contributed by atoms with Crippen LogP contribution in [0.2, 0.25) is 0 Å². The molecule has 10 nitrogen and oxygen atoms in total. The quantitative estimate of drug-likeness (QED) is 0.242. The zero-order chi connectivity index (χ0) is 30.8. The molecule has 1 amide bonds. The molecule has 15 heteroatoms. The summed E-state index contributed by atoms with van der Waals surface area (Å²) in [5.41, 5.74) is -0.533. The van der Waals surface area contributed by atoms with Gasteiger partial charge in [0.2, 0.25) is 15.9 Å². The second-order valence-corrected chi connectivity index (χ2v) is 12.5. The van der Waals surface area contributed by atoms with Crippen LogP contribution in [-0.2, 0) is 41.4 Å². The van der Waals surface area contributed by atoms with Gasteiger partial charge in [-0.1, -0.05) is 0 Å². The third-order valence-electron chi connectivity index (χ3n) is 8.05. The molecular weight excluding hydrogens is 592 g/mol. The van der Waals surface area contributed by atoms with E-state index in [2.05, 4.69) is 10.1 Å². The van der Waals surface area contributed by atoms with E-state index in [-0.39, 0.29) is 25.1 Å². The van der Waals surface area contributed by atoms with Crippen molar-refractivity contribution in [1.29, 1.82) is 0 Å². The molecule has 0 radical (unpaired) electrons. The first kappa shape index (κ1) is 29.0. The van der Waals surface area contributed by atoms with Gasteiger partial charge < -0.3 is 9.47 Å². The number of fused-ring (bicyclic) bond motifs is 2. The molecule has 0 unspecified atom stereocenters. The van der Waals surface area contributed by atoms with Gasteiger partial charge in [-0.15, -0.1) is 0 Å². The molecule has 1 fully saturated rings. The lowest BCUT2D eigenvalue weighted by Crippen LogP contribution is -2.59. The Kier molecular flexibility index (Phi) is 7.12. The molecule has 43 heavy (non-hydrogen) atoms. The first-order valence-electron chi connectivity index (χ1n) is 13.6. The maximum Gasteiger partial charge on any atom is 0.274 e. The van der Waals surface area contributed by atoms with Crippen LogP contribution in [0.1, 0.15) is 36.3 Å². The number of halogens is 4. The first-order chi connectivity index (χ1) is 20.4. The number of carbonyl (C=O) groups excluding carboxylic acids is 1. The second-order valence-electron chi connectivity index (χ2n) is 10.7. The molecule has 1 saturated heterocycles. The summed E-state index contributed by atoms with van der Waals surface area (Å²) in [6.07, 6.45) is 5.95. The average Bonchev–Trinajstić information content (AvgIpc) is 3.37. The number of carbonyl (C=O) groups is 1. The highest BCUT2D eigenvalue weighted by Crippen LogP contribution is 2.35. The summed E-state index contributed by atoms with van der Waals surface area (Å²) in [5.74, 6) is -7.67. The fraction of sp³-hybridized carbons (Fsp3) is 0.357. The summed E-state index contributed by atoms with van der Waals surface area (Å²) in [6, 6.07) is 3.18. The SMILES string of the molecule is Cc1c(F)c(F)c(S(=O)(=O)N2CC[C@@H]2C(=O)N(Cc2cn3c(n2)CCCC3)c2ccc3c(=O)n(C)ncc3c2)c(F)c1F. The van der Waals surface area contributed by atoms with Crippen molar-refractivity contribution < 1.29 is 30.8 Å². The van der Waals surface area contributed by atoms with Crippen LogP contribution in [0.5, 0.6) is 0 Å². The van der Waals surface area contributed by atoms with Crippen LogP contribution in [0.4, 0.5) is 23.2 Å². The number of imidazole rings is 1. The van der Waals surface area contributed by atoms with Gasteiger partial charge in [-0.2, -0.15) is 9.40 Å². The normalized spacial score (nSPS) is 17.1. The monoisotopic (exact) mass is 618 g/mol. The van der Waals surface area contributed by atoms with Crippen molar-refractivity contribution in [2.45, 2.75) is 56.6 Å². The van der Waals surface area contributed by atoms with Gasteiger partial charge in [0.1, 0.15) is 11.9 Å². The molecule has 4 aromatic rings. The van der Waals surface area contributed by atoms with Crippen LogP contribution in [0.15, 0.2) is 40.3 Å². The van der Waals surface area contributed by atoms with E-state index in [1.54, 1.807) is 6.07 Å². The van der Waals surface area contributed by atoms with Gasteiger partial charge in [0, 0.05) is 49.4 Å². The molecule has 2 aromatic carbocycles. The number of hydrogen-bond acceptors (Lipinski definition) is 6. The van der Waals surface area contributed by atoms with Crippen LogP contribution in [-0.4, -0.2) is 50.5 Å². The van der Waals surface area contributed by atoms with Crippen molar-refractivity contribution in [3.63, 3.8) is 0 Å². The molecule has 2 aliphatic heterocycles. The molecule has 0 spiro atoms.